The molecule has 1 aromatic heterocycles. The standard InChI is InChI=1S/C28H28F3N5O2/c1-16(20-6-5-7-21(26(20)29)27(30)31)34-28-22-13-18(10-11-23(22)32-15-33-28)35-19-9-8-17(24(14-19)38-4)12-25(37)36(2)3/h5-11,13-16,27,35H,12H2,1-4H3,(H,32,33,34)/t16-/m1/s1. The van der Waals surface area contributed by atoms with Crippen LogP contribution in [0.4, 0.5) is 30.4 Å². The molecule has 3 aromatic carbocycles. The van der Waals surface area contributed by atoms with Crippen molar-refractivity contribution in [2.75, 3.05) is 31.8 Å². The Hall–Kier alpha value is -4.34. The Balaban J connectivity index is 1.60. The third-order valence-electron chi connectivity index (χ3n) is 6.16. The first-order chi connectivity index (χ1) is 18.2. The fraction of sp³-hybridized carbons (Fsp3) is 0.250. The van der Waals surface area contributed by atoms with Gasteiger partial charge in [0.1, 0.15) is 23.7 Å². The quantitative estimate of drug-likeness (QED) is 0.270. The summed E-state index contributed by atoms with van der Waals surface area (Å²) in [6, 6.07) is 14.3. The first-order valence-corrected chi connectivity index (χ1v) is 11.9. The second-order valence-corrected chi connectivity index (χ2v) is 8.99. The SMILES string of the molecule is COc1cc(Nc2ccc3ncnc(N[C@H](C)c4cccc(C(F)F)c4F)c3c2)ccc1CC(=O)N(C)C. The van der Waals surface area contributed by atoms with Crippen molar-refractivity contribution >= 4 is 34.0 Å². The second-order valence-electron chi connectivity index (χ2n) is 8.99. The third kappa shape index (κ3) is 5.80. The van der Waals surface area contributed by atoms with Gasteiger partial charge in [0.15, 0.2) is 0 Å². The van der Waals surface area contributed by atoms with Crippen molar-refractivity contribution < 1.29 is 22.7 Å². The van der Waals surface area contributed by atoms with E-state index in [0.717, 1.165) is 23.0 Å². The minimum atomic E-state index is -2.91. The number of amides is 1. The topological polar surface area (TPSA) is 79.4 Å². The Bertz CT molecular complexity index is 1460. The highest BCUT2D eigenvalue weighted by Gasteiger charge is 2.20. The van der Waals surface area contributed by atoms with Crippen molar-refractivity contribution in [3.05, 3.63) is 83.4 Å². The molecule has 0 saturated heterocycles. The number of rotatable bonds is 9. The van der Waals surface area contributed by atoms with Crippen molar-refractivity contribution in [1.29, 1.82) is 0 Å². The van der Waals surface area contributed by atoms with Crippen molar-refractivity contribution in [1.82, 2.24) is 14.9 Å². The van der Waals surface area contributed by atoms with Crippen LogP contribution in [0.15, 0.2) is 60.9 Å². The number of nitrogens with zero attached hydrogens (tertiary/aromatic N) is 3. The molecule has 0 aliphatic heterocycles. The number of aromatic nitrogens is 2. The van der Waals surface area contributed by atoms with Crippen LogP contribution in [-0.2, 0) is 11.2 Å². The highest BCUT2D eigenvalue weighted by Crippen LogP contribution is 2.32. The van der Waals surface area contributed by atoms with E-state index >= 15 is 0 Å². The Morgan fingerprint density at radius 3 is 2.45 bits per heavy atom. The summed E-state index contributed by atoms with van der Waals surface area (Å²) in [4.78, 5) is 22.3. The zero-order chi connectivity index (χ0) is 27.4. The number of nitrogens with one attached hydrogen (secondary N) is 2. The first kappa shape index (κ1) is 26.7. The van der Waals surface area contributed by atoms with Crippen LogP contribution in [0.25, 0.3) is 10.9 Å². The monoisotopic (exact) mass is 523 g/mol. The summed E-state index contributed by atoms with van der Waals surface area (Å²) < 4.78 is 46.5. The molecule has 7 nitrogen and oxygen atoms in total. The Labute approximate surface area is 218 Å². The van der Waals surface area contributed by atoms with E-state index in [-0.39, 0.29) is 17.9 Å². The minimum Gasteiger partial charge on any atom is -0.496 e. The molecule has 4 rings (SSSR count). The van der Waals surface area contributed by atoms with Gasteiger partial charge in [-0.1, -0.05) is 24.3 Å². The molecule has 0 radical (unpaired) electrons. The molecule has 2 N–H and O–H groups in total. The lowest BCUT2D eigenvalue weighted by Crippen LogP contribution is -2.23. The summed E-state index contributed by atoms with van der Waals surface area (Å²) in [6.07, 6.45) is -1.30. The lowest BCUT2D eigenvalue weighted by Gasteiger charge is -2.18. The molecule has 0 fully saturated rings. The Kier molecular flexibility index (Phi) is 7.99. The van der Waals surface area contributed by atoms with Gasteiger partial charge in [-0.15, -0.1) is 0 Å². The number of anilines is 3. The minimum absolute atomic E-state index is 0.0337. The molecule has 0 aliphatic carbocycles. The van der Waals surface area contributed by atoms with Gasteiger partial charge in [-0.2, -0.15) is 0 Å². The molecule has 0 saturated carbocycles. The average molecular weight is 524 g/mol. The van der Waals surface area contributed by atoms with Gasteiger partial charge in [-0.25, -0.2) is 23.1 Å². The Morgan fingerprint density at radius 2 is 1.74 bits per heavy atom. The lowest BCUT2D eigenvalue weighted by atomic mass is 10.0. The van der Waals surface area contributed by atoms with Crippen LogP contribution in [0.3, 0.4) is 0 Å². The molecule has 1 heterocycles. The smallest absolute Gasteiger partial charge is 0.266 e. The zero-order valence-electron chi connectivity index (χ0n) is 21.4. The number of hydrogen-bond donors (Lipinski definition) is 2. The number of carbonyl (C=O) groups is 1. The number of methoxy groups -OCH3 is 1. The molecule has 0 unspecified atom stereocenters. The van der Waals surface area contributed by atoms with Crippen LogP contribution >= 0.6 is 0 Å². The van der Waals surface area contributed by atoms with Crippen LogP contribution in [0.2, 0.25) is 0 Å². The van der Waals surface area contributed by atoms with E-state index in [0.29, 0.717) is 22.5 Å². The van der Waals surface area contributed by atoms with Crippen LogP contribution in [0.5, 0.6) is 5.75 Å². The van der Waals surface area contributed by atoms with Crippen molar-refractivity contribution in [2.24, 2.45) is 0 Å². The van der Waals surface area contributed by atoms with Gasteiger partial charge in [-0.3, -0.25) is 4.79 Å². The van der Waals surface area contributed by atoms with Gasteiger partial charge >= 0.3 is 0 Å². The van der Waals surface area contributed by atoms with E-state index in [2.05, 4.69) is 20.6 Å². The summed E-state index contributed by atoms with van der Waals surface area (Å²) in [5, 5.41) is 7.11. The third-order valence-corrected chi connectivity index (χ3v) is 6.16. The summed E-state index contributed by atoms with van der Waals surface area (Å²) in [5.41, 5.74) is 2.37. The average Bonchev–Trinajstić information content (AvgIpc) is 2.89. The number of likely N-dealkylation sites (N-methyl/N-ethyl adjacent to an activating group) is 1. The van der Waals surface area contributed by atoms with Crippen molar-refractivity contribution in [3.63, 3.8) is 0 Å². The van der Waals surface area contributed by atoms with E-state index in [4.69, 9.17) is 4.74 Å². The predicted molar refractivity (Wildman–Crippen MR) is 142 cm³/mol. The van der Waals surface area contributed by atoms with Gasteiger partial charge in [0.25, 0.3) is 6.43 Å². The van der Waals surface area contributed by atoms with Crippen LogP contribution in [0, 0.1) is 5.82 Å². The van der Waals surface area contributed by atoms with Gasteiger partial charge < -0.3 is 20.3 Å². The number of halogens is 3. The largest absolute Gasteiger partial charge is 0.496 e. The van der Waals surface area contributed by atoms with Crippen LogP contribution in [-0.4, -0.2) is 42.0 Å². The highest BCUT2D eigenvalue weighted by atomic mass is 19.3. The summed E-state index contributed by atoms with van der Waals surface area (Å²) in [7, 11) is 4.96. The molecular formula is C28H28F3N5O2. The maximum atomic E-state index is 14.7. The number of fused-ring (bicyclic) bond motifs is 1. The fourth-order valence-corrected chi connectivity index (χ4v) is 4.06. The second kappa shape index (κ2) is 11.4. The number of ether oxygens (including phenoxy) is 1. The fourth-order valence-electron chi connectivity index (χ4n) is 4.06. The molecule has 0 aliphatic rings. The molecule has 4 aromatic rings. The van der Waals surface area contributed by atoms with E-state index in [1.165, 1.54) is 23.4 Å². The highest BCUT2D eigenvalue weighted by molar-refractivity contribution is 5.92. The zero-order valence-corrected chi connectivity index (χ0v) is 21.4. The molecule has 1 atom stereocenters. The molecule has 1 amide bonds. The van der Waals surface area contributed by atoms with Crippen molar-refractivity contribution in [3.8, 4) is 5.75 Å². The summed E-state index contributed by atoms with van der Waals surface area (Å²) >= 11 is 0. The van der Waals surface area contributed by atoms with Gasteiger partial charge in [0, 0.05) is 48.0 Å². The van der Waals surface area contributed by atoms with Gasteiger partial charge in [-0.05, 0) is 31.2 Å². The maximum absolute atomic E-state index is 14.7. The molecule has 38 heavy (non-hydrogen) atoms. The normalized spacial score (nSPS) is 11.9. The number of carbonyl (C=O) groups excluding carboxylic acids is 1. The van der Waals surface area contributed by atoms with Crippen LogP contribution in [0.1, 0.15) is 36.1 Å². The summed E-state index contributed by atoms with van der Waals surface area (Å²) in [6.45, 7) is 1.68. The lowest BCUT2D eigenvalue weighted by molar-refractivity contribution is -0.127. The number of alkyl halides is 2. The van der Waals surface area contributed by atoms with Crippen LogP contribution < -0.4 is 15.4 Å². The van der Waals surface area contributed by atoms with E-state index in [1.807, 2.05) is 36.4 Å². The molecule has 198 valence electrons. The predicted octanol–water partition coefficient (Wildman–Crippen LogP) is 6.26. The maximum Gasteiger partial charge on any atom is 0.266 e. The summed E-state index contributed by atoms with van der Waals surface area (Å²) in [5.74, 6) is 0.0446. The van der Waals surface area contributed by atoms with Crippen molar-refractivity contribution in [2.45, 2.75) is 25.8 Å². The van der Waals surface area contributed by atoms with Gasteiger partial charge in [0.2, 0.25) is 5.91 Å². The van der Waals surface area contributed by atoms with E-state index < -0.39 is 23.8 Å². The molecule has 0 bridgehead atoms. The van der Waals surface area contributed by atoms with E-state index in [1.54, 1.807) is 28.1 Å². The molecule has 10 heteroatoms. The Morgan fingerprint density at radius 1 is 1.03 bits per heavy atom. The number of benzene rings is 3. The number of hydrogen-bond acceptors (Lipinski definition) is 6. The molecule has 0 spiro atoms. The first-order valence-electron chi connectivity index (χ1n) is 11.9. The van der Waals surface area contributed by atoms with Gasteiger partial charge in [0.05, 0.1) is 30.7 Å². The molecular weight excluding hydrogens is 495 g/mol. The van der Waals surface area contributed by atoms with E-state index in [9.17, 15) is 18.0 Å².